The highest BCUT2D eigenvalue weighted by Crippen LogP contribution is 2.67. The summed E-state index contributed by atoms with van der Waals surface area (Å²) in [6.45, 7) is 12.4. The monoisotopic (exact) mass is 424 g/mol. The first kappa shape index (κ1) is 24.6. The molecule has 0 aromatic rings. The Morgan fingerprint density at radius 3 is 2.29 bits per heavy atom. The molecule has 3 rings (SSSR count). The van der Waals surface area contributed by atoms with Crippen molar-refractivity contribution in [2.24, 2.45) is 52.3 Å². The van der Waals surface area contributed by atoms with Gasteiger partial charge in [-0.1, -0.05) is 53.9 Å². The summed E-state index contributed by atoms with van der Waals surface area (Å²) in [5, 5.41) is 18.6. The summed E-state index contributed by atoms with van der Waals surface area (Å²) in [4.78, 5) is 0. The van der Waals surface area contributed by atoms with E-state index in [0.717, 1.165) is 48.3 Å². The molecule has 0 saturated heterocycles. The first-order valence-corrected chi connectivity index (χ1v) is 13.5. The maximum absolute atomic E-state index is 9.36. The molecule has 2 nitrogen and oxygen atoms in total. The van der Waals surface area contributed by atoms with Crippen LogP contribution in [0.25, 0.3) is 0 Å². The average molecular weight is 425 g/mol. The molecule has 3 aliphatic carbocycles. The summed E-state index contributed by atoms with van der Waals surface area (Å²) in [6.07, 6.45) is 15.9. The van der Waals surface area contributed by atoms with Crippen molar-refractivity contribution in [1.82, 2.24) is 0 Å². The average Bonchev–Trinajstić information content (AvgIpc) is 3.09. The topological polar surface area (TPSA) is 47.6 Å². The molecule has 3 aliphatic rings. The van der Waals surface area contributed by atoms with E-state index in [0.29, 0.717) is 24.2 Å². The lowest BCUT2D eigenvalue weighted by Crippen LogP contribution is -2.52. The van der Waals surface area contributed by atoms with E-state index in [9.17, 15) is 10.5 Å². The maximum atomic E-state index is 9.36. The highest BCUT2D eigenvalue weighted by molar-refractivity contribution is 5.09. The quantitative estimate of drug-likeness (QED) is 0.372. The number of rotatable bonds is 9. The van der Waals surface area contributed by atoms with Crippen LogP contribution >= 0.6 is 0 Å². The molecule has 3 saturated carbocycles. The van der Waals surface area contributed by atoms with Gasteiger partial charge in [-0.3, -0.25) is 0 Å². The van der Waals surface area contributed by atoms with E-state index >= 15 is 0 Å². The fourth-order valence-electron chi connectivity index (χ4n) is 8.99. The molecule has 0 aliphatic heterocycles. The van der Waals surface area contributed by atoms with Crippen molar-refractivity contribution in [2.75, 3.05) is 0 Å². The smallest absolute Gasteiger partial charge is 0.0621 e. The van der Waals surface area contributed by atoms with Gasteiger partial charge in [-0.25, -0.2) is 0 Å². The molecule has 0 N–H and O–H groups in total. The molecule has 0 radical (unpaired) electrons. The zero-order chi connectivity index (χ0) is 22.6. The number of nitriles is 2. The van der Waals surface area contributed by atoms with Crippen LogP contribution in [0.15, 0.2) is 0 Å². The molecule has 174 valence electrons. The van der Waals surface area contributed by atoms with Crippen molar-refractivity contribution in [2.45, 2.75) is 118 Å². The number of hydrogen-bond acceptors (Lipinski definition) is 2. The van der Waals surface area contributed by atoms with Crippen LogP contribution < -0.4 is 0 Å². The number of fused-ring (bicyclic) bond motifs is 3. The lowest BCUT2D eigenvalue weighted by Gasteiger charge is -2.59. The summed E-state index contributed by atoms with van der Waals surface area (Å²) in [5.41, 5.74) is 0.797. The van der Waals surface area contributed by atoms with Gasteiger partial charge >= 0.3 is 0 Å². The Hall–Kier alpha value is -1.02. The molecule has 0 heterocycles. The van der Waals surface area contributed by atoms with E-state index in [4.69, 9.17) is 0 Å². The lowest BCUT2D eigenvalue weighted by molar-refractivity contribution is -0.104. The van der Waals surface area contributed by atoms with E-state index < -0.39 is 0 Å². The Morgan fingerprint density at radius 1 is 0.871 bits per heavy atom. The molecule has 0 unspecified atom stereocenters. The normalized spacial score (nSPS) is 40.6. The second-order valence-electron chi connectivity index (χ2n) is 12.5. The molecule has 0 spiro atoms. The highest BCUT2D eigenvalue weighted by atomic mass is 14.6. The minimum atomic E-state index is 0.262. The molecule has 0 aromatic heterocycles. The van der Waals surface area contributed by atoms with E-state index in [1.807, 2.05) is 0 Å². The predicted molar refractivity (Wildman–Crippen MR) is 129 cm³/mol. The molecule has 2 heteroatoms. The van der Waals surface area contributed by atoms with E-state index in [-0.39, 0.29) is 5.41 Å². The van der Waals surface area contributed by atoms with Crippen molar-refractivity contribution in [3.8, 4) is 12.1 Å². The van der Waals surface area contributed by atoms with Crippen LogP contribution in [0.3, 0.4) is 0 Å². The SMILES string of the molecule is CC(C)CCC[C@@H](C)[C@@H]1CC[C@@H]2[C@@H]3CC[C@@H](CCC#N)[C@](C)(CCC#N)[C@H]3CC[C@]21C. The molecular weight excluding hydrogens is 376 g/mol. The maximum Gasteiger partial charge on any atom is 0.0621 e. The Kier molecular flexibility index (Phi) is 8.16. The standard InChI is InChI=1S/C29H48N2/c1-21(2)9-6-10-22(3)25-14-15-26-24-13-12-23(11-7-19-30)28(4,17-8-20-31)27(24)16-18-29(25,26)5/h21-27H,6-18H2,1-5H3/t22-,23-,24+,25+,26-,27+,28+,29+/m1/s1. The Bertz CT molecular complexity index is 669. The van der Waals surface area contributed by atoms with Gasteiger partial charge in [0.05, 0.1) is 12.1 Å². The number of hydrogen-bond donors (Lipinski definition) is 0. The van der Waals surface area contributed by atoms with Crippen molar-refractivity contribution >= 4 is 0 Å². The number of nitrogens with zero attached hydrogens (tertiary/aromatic N) is 2. The van der Waals surface area contributed by atoms with Crippen LogP contribution in [0.5, 0.6) is 0 Å². The summed E-state index contributed by atoms with van der Waals surface area (Å²) in [6, 6.07) is 4.85. The Balaban J connectivity index is 1.75. The highest BCUT2D eigenvalue weighted by Gasteiger charge is 2.59. The second kappa shape index (κ2) is 10.3. The first-order chi connectivity index (χ1) is 14.8. The van der Waals surface area contributed by atoms with Gasteiger partial charge in [-0.2, -0.15) is 10.5 Å². The van der Waals surface area contributed by atoms with Gasteiger partial charge in [0.15, 0.2) is 0 Å². The minimum Gasteiger partial charge on any atom is -0.198 e. The zero-order valence-corrected chi connectivity index (χ0v) is 21.1. The molecular formula is C29H48N2. The van der Waals surface area contributed by atoms with Crippen molar-refractivity contribution in [1.29, 1.82) is 10.5 Å². The lowest BCUT2D eigenvalue weighted by atomic mass is 9.45. The fraction of sp³-hybridized carbons (Fsp3) is 0.931. The Labute approximate surface area is 193 Å². The molecule has 31 heavy (non-hydrogen) atoms. The largest absolute Gasteiger partial charge is 0.198 e. The van der Waals surface area contributed by atoms with Crippen LogP contribution in [0, 0.1) is 74.9 Å². The van der Waals surface area contributed by atoms with Crippen molar-refractivity contribution in [3.63, 3.8) is 0 Å². The van der Waals surface area contributed by atoms with Crippen LogP contribution in [-0.4, -0.2) is 0 Å². The van der Waals surface area contributed by atoms with Crippen LogP contribution in [0.4, 0.5) is 0 Å². The van der Waals surface area contributed by atoms with E-state index in [2.05, 4.69) is 46.8 Å². The van der Waals surface area contributed by atoms with Gasteiger partial charge in [0, 0.05) is 12.8 Å². The van der Waals surface area contributed by atoms with Gasteiger partial charge in [-0.05, 0) is 104 Å². The van der Waals surface area contributed by atoms with Crippen LogP contribution in [0.1, 0.15) is 118 Å². The molecule has 3 fully saturated rings. The van der Waals surface area contributed by atoms with Gasteiger partial charge in [-0.15, -0.1) is 0 Å². The predicted octanol–water partition coefficient (Wildman–Crippen LogP) is 8.53. The molecule has 0 amide bonds. The third kappa shape index (κ3) is 4.85. The van der Waals surface area contributed by atoms with Crippen LogP contribution in [-0.2, 0) is 0 Å². The Morgan fingerprint density at radius 2 is 1.61 bits per heavy atom. The van der Waals surface area contributed by atoms with E-state index in [1.54, 1.807) is 0 Å². The minimum absolute atomic E-state index is 0.262. The third-order valence-corrected chi connectivity index (χ3v) is 10.6. The third-order valence-electron chi connectivity index (χ3n) is 10.6. The molecule has 8 atom stereocenters. The first-order valence-electron chi connectivity index (χ1n) is 13.5. The van der Waals surface area contributed by atoms with Crippen molar-refractivity contribution in [3.05, 3.63) is 0 Å². The summed E-state index contributed by atoms with van der Waals surface area (Å²) in [7, 11) is 0. The van der Waals surface area contributed by atoms with Crippen LogP contribution in [0.2, 0.25) is 0 Å². The molecule has 0 bridgehead atoms. The van der Waals surface area contributed by atoms with Gasteiger partial charge < -0.3 is 0 Å². The second-order valence-corrected chi connectivity index (χ2v) is 12.5. The summed E-state index contributed by atoms with van der Waals surface area (Å²) in [5.74, 6) is 5.76. The van der Waals surface area contributed by atoms with Gasteiger partial charge in [0.2, 0.25) is 0 Å². The fourth-order valence-corrected chi connectivity index (χ4v) is 8.99. The summed E-state index contributed by atoms with van der Waals surface area (Å²) >= 11 is 0. The van der Waals surface area contributed by atoms with Gasteiger partial charge in [0.25, 0.3) is 0 Å². The van der Waals surface area contributed by atoms with Crippen molar-refractivity contribution < 1.29 is 0 Å². The van der Waals surface area contributed by atoms with E-state index in [1.165, 1.54) is 57.8 Å². The van der Waals surface area contributed by atoms with Gasteiger partial charge in [0.1, 0.15) is 0 Å². The zero-order valence-electron chi connectivity index (χ0n) is 21.1. The molecule has 0 aromatic carbocycles. The summed E-state index contributed by atoms with van der Waals surface area (Å²) < 4.78 is 0.